The minimum Gasteiger partial charge on any atom is -0.462 e. The van der Waals surface area contributed by atoms with Crippen LogP contribution in [0.4, 0.5) is 0 Å². The highest BCUT2D eigenvalue weighted by Gasteiger charge is 2.28. The molecule has 0 saturated heterocycles. The molecule has 1 aromatic heterocycles. The summed E-state index contributed by atoms with van der Waals surface area (Å²) in [6, 6.07) is 19.2. The number of hydrogen-bond acceptors (Lipinski definition) is 6. The zero-order valence-electron chi connectivity index (χ0n) is 19.6. The number of rotatable bonds is 9. The number of hydrogen-bond donors (Lipinski definition) is 0. The summed E-state index contributed by atoms with van der Waals surface area (Å²) in [5, 5.41) is 0. The second-order valence-corrected chi connectivity index (χ2v) is 7.96. The Morgan fingerprint density at radius 3 is 2.15 bits per heavy atom. The maximum atomic E-state index is 13.8. The third-order valence-corrected chi connectivity index (χ3v) is 5.12. The Bertz CT molecular complexity index is 1090. The minimum absolute atomic E-state index is 0.0643. The number of carbonyl (C=O) groups is 2. The number of amides is 1. The highest BCUT2D eigenvalue weighted by molar-refractivity contribution is 6.05. The molecule has 0 fully saturated rings. The summed E-state index contributed by atoms with van der Waals surface area (Å²) in [5.74, 6) is -0.520. The largest absolute Gasteiger partial charge is 0.462 e. The second kappa shape index (κ2) is 11.3. The van der Waals surface area contributed by atoms with Gasteiger partial charge in [-0.05, 0) is 33.5 Å². The van der Waals surface area contributed by atoms with Crippen LogP contribution in [0.15, 0.2) is 60.7 Å². The Morgan fingerprint density at radius 2 is 1.55 bits per heavy atom. The lowest BCUT2D eigenvalue weighted by Gasteiger charge is -2.25. The number of nitrogens with zero attached hydrogens (tertiary/aromatic N) is 4. The molecule has 7 nitrogen and oxygen atoms in total. The highest BCUT2D eigenvalue weighted by atomic mass is 16.5. The fraction of sp³-hybridized carbons (Fsp3) is 0.308. The zero-order valence-corrected chi connectivity index (χ0v) is 19.6. The molecule has 33 heavy (non-hydrogen) atoms. The summed E-state index contributed by atoms with van der Waals surface area (Å²) in [6.07, 6.45) is 0. The van der Waals surface area contributed by atoms with Crippen molar-refractivity contribution in [2.75, 3.05) is 33.8 Å². The van der Waals surface area contributed by atoms with Gasteiger partial charge in [-0.3, -0.25) is 4.79 Å². The molecule has 0 radical (unpaired) electrons. The van der Waals surface area contributed by atoms with Crippen molar-refractivity contribution in [2.45, 2.75) is 20.4 Å². The van der Waals surface area contributed by atoms with Crippen LogP contribution in [0, 0.1) is 6.92 Å². The van der Waals surface area contributed by atoms with Crippen LogP contribution in [0.3, 0.4) is 0 Å². The summed E-state index contributed by atoms with van der Waals surface area (Å²) in [5.41, 5.74) is 2.36. The first-order valence-corrected chi connectivity index (χ1v) is 11.0. The van der Waals surface area contributed by atoms with Crippen molar-refractivity contribution in [1.29, 1.82) is 0 Å². The van der Waals surface area contributed by atoms with Gasteiger partial charge in [0, 0.05) is 25.2 Å². The van der Waals surface area contributed by atoms with Crippen LogP contribution in [0.2, 0.25) is 0 Å². The van der Waals surface area contributed by atoms with Crippen LogP contribution >= 0.6 is 0 Å². The van der Waals surface area contributed by atoms with Gasteiger partial charge in [0.1, 0.15) is 11.3 Å². The molecule has 0 saturated carbocycles. The summed E-state index contributed by atoms with van der Waals surface area (Å²) in [4.78, 5) is 39.5. The maximum absolute atomic E-state index is 13.8. The van der Waals surface area contributed by atoms with Crippen LogP contribution in [0.25, 0.3) is 11.4 Å². The molecule has 0 spiro atoms. The van der Waals surface area contributed by atoms with Gasteiger partial charge < -0.3 is 14.5 Å². The summed E-state index contributed by atoms with van der Waals surface area (Å²) in [6.45, 7) is 5.18. The molecular formula is C26H30N4O3. The summed E-state index contributed by atoms with van der Waals surface area (Å²) < 4.78 is 5.24. The Balaban J connectivity index is 2.08. The summed E-state index contributed by atoms with van der Waals surface area (Å²) in [7, 11) is 3.91. The average molecular weight is 447 g/mol. The van der Waals surface area contributed by atoms with E-state index in [1.807, 2.05) is 79.7 Å². The van der Waals surface area contributed by atoms with E-state index in [-0.39, 0.29) is 23.8 Å². The fourth-order valence-electron chi connectivity index (χ4n) is 3.42. The number of aryl methyl sites for hydroxylation is 1. The Kier molecular flexibility index (Phi) is 8.27. The third-order valence-electron chi connectivity index (χ3n) is 5.12. The Labute approximate surface area is 195 Å². The molecule has 7 heteroatoms. The van der Waals surface area contributed by atoms with Crippen LogP contribution in [-0.2, 0) is 11.3 Å². The lowest BCUT2D eigenvalue weighted by atomic mass is 10.1. The molecule has 0 N–H and O–H groups in total. The van der Waals surface area contributed by atoms with Gasteiger partial charge in [-0.1, -0.05) is 60.7 Å². The highest BCUT2D eigenvalue weighted by Crippen LogP contribution is 2.22. The normalized spacial score (nSPS) is 10.8. The first kappa shape index (κ1) is 24.1. The standard InChI is InChI=1S/C26H30N4O3/c1-5-33-26(32)22-19(2)27-24(21-14-10-7-11-15-21)28-23(22)25(31)30(17-16-29(3)4)18-20-12-8-6-9-13-20/h6-15H,5,16-18H2,1-4H3. The predicted molar refractivity (Wildman–Crippen MR) is 128 cm³/mol. The Morgan fingerprint density at radius 1 is 0.909 bits per heavy atom. The molecule has 0 aliphatic heterocycles. The Hall–Kier alpha value is -3.58. The van der Waals surface area contributed by atoms with E-state index in [0.717, 1.165) is 11.1 Å². The van der Waals surface area contributed by atoms with Gasteiger partial charge in [0.2, 0.25) is 0 Å². The first-order chi connectivity index (χ1) is 15.9. The van der Waals surface area contributed by atoms with Crippen molar-refractivity contribution in [3.63, 3.8) is 0 Å². The predicted octanol–water partition coefficient (Wildman–Crippen LogP) is 3.83. The van der Waals surface area contributed by atoms with E-state index in [1.54, 1.807) is 18.7 Å². The molecule has 3 aromatic rings. The molecule has 0 aliphatic rings. The number of ether oxygens (including phenoxy) is 1. The molecular weight excluding hydrogens is 416 g/mol. The molecule has 3 rings (SSSR count). The lowest BCUT2D eigenvalue weighted by Crippen LogP contribution is -2.38. The van der Waals surface area contributed by atoms with Gasteiger partial charge >= 0.3 is 5.97 Å². The van der Waals surface area contributed by atoms with Crippen molar-refractivity contribution < 1.29 is 14.3 Å². The van der Waals surface area contributed by atoms with Crippen LogP contribution in [0.1, 0.15) is 39.0 Å². The van der Waals surface area contributed by atoms with Gasteiger partial charge in [0.05, 0.1) is 12.3 Å². The molecule has 0 atom stereocenters. The van der Waals surface area contributed by atoms with Gasteiger partial charge in [-0.2, -0.15) is 0 Å². The molecule has 0 bridgehead atoms. The van der Waals surface area contributed by atoms with Gasteiger partial charge in [0.15, 0.2) is 5.82 Å². The molecule has 0 unspecified atom stereocenters. The summed E-state index contributed by atoms with van der Waals surface area (Å²) >= 11 is 0. The van der Waals surface area contributed by atoms with Crippen LogP contribution in [-0.4, -0.2) is 65.4 Å². The lowest BCUT2D eigenvalue weighted by molar-refractivity contribution is 0.0514. The van der Waals surface area contributed by atoms with E-state index in [9.17, 15) is 9.59 Å². The van der Waals surface area contributed by atoms with Crippen molar-refractivity contribution in [2.24, 2.45) is 0 Å². The van der Waals surface area contributed by atoms with E-state index in [1.165, 1.54) is 0 Å². The van der Waals surface area contributed by atoms with Gasteiger partial charge in [-0.15, -0.1) is 0 Å². The SMILES string of the molecule is CCOC(=O)c1c(C)nc(-c2ccccc2)nc1C(=O)N(CCN(C)C)Cc1ccccc1. The van der Waals surface area contributed by atoms with Crippen LogP contribution in [0.5, 0.6) is 0 Å². The van der Waals surface area contributed by atoms with Gasteiger partial charge in [-0.25, -0.2) is 14.8 Å². The number of aromatic nitrogens is 2. The van der Waals surface area contributed by atoms with Crippen molar-refractivity contribution in [3.8, 4) is 11.4 Å². The molecule has 1 amide bonds. The van der Waals surface area contributed by atoms with E-state index >= 15 is 0 Å². The van der Waals surface area contributed by atoms with E-state index < -0.39 is 5.97 Å². The number of benzene rings is 2. The first-order valence-electron chi connectivity index (χ1n) is 11.0. The second-order valence-electron chi connectivity index (χ2n) is 7.96. The van der Waals surface area contributed by atoms with Crippen molar-refractivity contribution >= 4 is 11.9 Å². The smallest absolute Gasteiger partial charge is 0.342 e. The van der Waals surface area contributed by atoms with Crippen molar-refractivity contribution in [3.05, 3.63) is 83.2 Å². The molecule has 2 aromatic carbocycles. The monoisotopic (exact) mass is 446 g/mol. The van der Waals surface area contributed by atoms with Crippen LogP contribution < -0.4 is 0 Å². The average Bonchev–Trinajstić information content (AvgIpc) is 2.82. The van der Waals surface area contributed by atoms with Crippen molar-refractivity contribution in [1.82, 2.24) is 19.8 Å². The number of carbonyl (C=O) groups excluding carboxylic acids is 2. The quantitative estimate of drug-likeness (QED) is 0.465. The molecule has 172 valence electrons. The van der Waals surface area contributed by atoms with E-state index in [2.05, 4.69) is 9.97 Å². The zero-order chi connectivity index (χ0) is 23.8. The maximum Gasteiger partial charge on any atom is 0.342 e. The third kappa shape index (κ3) is 6.23. The van der Waals surface area contributed by atoms with E-state index in [0.29, 0.717) is 31.2 Å². The minimum atomic E-state index is -0.592. The molecule has 0 aliphatic carbocycles. The fourth-order valence-corrected chi connectivity index (χ4v) is 3.42. The molecule has 1 heterocycles. The topological polar surface area (TPSA) is 75.6 Å². The number of likely N-dealkylation sites (N-methyl/N-ethyl adjacent to an activating group) is 1. The number of esters is 1. The van der Waals surface area contributed by atoms with Gasteiger partial charge in [0.25, 0.3) is 5.91 Å². The van der Waals surface area contributed by atoms with E-state index in [4.69, 9.17) is 4.74 Å².